The summed E-state index contributed by atoms with van der Waals surface area (Å²) in [5.41, 5.74) is 0.781. The fourth-order valence-corrected chi connectivity index (χ4v) is 3.32. The first-order valence-corrected chi connectivity index (χ1v) is 10.7. The Hall–Kier alpha value is -2.07. The minimum absolute atomic E-state index is 0.0582. The number of morpholine rings is 1. The zero-order chi connectivity index (χ0) is 22.7. The molecule has 31 heavy (non-hydrogen) atoms. The van der Waals surface area contributed by atoms with Gasteiger partial charge in [-0.15, -0.1) is 0 Å². The second-order valence-corrected chi connectivity index (χ2v) is 7.92. The topological polar surface area (TPSA) is 71.0 Å². The van der Waals surface area contributed by atoms with Gasteiger partial charge in [0.2, 0.25) is 5.88 Å². The van der Waals surface area contributed by atoms with Crippen LogP contribution in [-0.2, 0) is 11.3 Å². The second kappa shape index (κ2) is 12.7. The van der Waals surface area contributed by atoms with Gasteiger partial charge in [0.1, 0.15) is 0 Å². The number of nitrogens with one attached hydrogen (secondary N) is 2. The van der Waals surface area contributed by atoms with Crippen LogP contribution >= 0.6 is 0 Å². The summed E-state index contributed by atoms with van der Waals surface area (Å²) in [6.45, 7) is 10.3. The van der Waals surface area contributed by atoms with Gasteiger partial charge in [-0.2, -0.15) is 13.2 Å². The quantitative estimate of drug-likeness (QED) is 0.426. The third-order valence-electron chi connectivity index (χ3n) is 4.76. The predicted molar refractivity (Wildman–Crippen MR) is 114 cm³/mol. The van der Waals surface area contributed by atoms with Crippen LogP contribution in [0.5, 0.6) is 5.88 Å². The first kappa shape index (κ1) is 25.2. The molecule has 0 spiro atoms. The van der Waals surface area contributed by atoms with E-state index in [0.29, 0.717) is 24.5 Å². The molecule has 1 aliphatic rings. The van der Waals surface area contributed by atoms with Crippen molar-refractivity contribution in [3.8, 4) is 5.88 Å². The fraction of sp³-hybridized carbons (Fsp3) is 0.714. The molecule has 1 atom stereocenters. The van der Waals surface area contributed by atoms with Gasteiger partial charge >= 0.3 is 6.18 Å². The molecule has 10 heteroatoms. The molecule has 0 aliphatic carbocycles. The van der Waals surface area contributed by atoms with Crippen molar-refractivity contribution in [1.82, 2.24) is 20.5 Å². The molecule has 0 saturated carbocycles. The Balaban J connectivity index is 1.92. The Bertz CT molecular complexity index is 662. The smallest absolute Gasteiger partial charge is 0.422 e. The van der Waals surface area contributed by atoms with Crippen LogP contribution in [-0.4, -0.2) is 74.1 Å². The summed E-state index contributed by atoms with van der Waals surface area (Å²) in [6, 6.07) is 3.48. The standard InChI is InChI=1S/C21H34F3N5O2/c1-4-25-20(28-14-18(11-16(2)3)29-7-9-30-10-8-29)27-13-17-5-6-19(26-12-17)31-15-21(22,23)24/h5-6,12,16,18H,4,7-11,13-15H2,1-3H3,(H2,25,27,28). The Kier molecular flexibility index (Phi) is 10.3. The molecular weight excluding hydrogens is 411 g/mol. The van der Waals surface area contributed by atoms with Crippen LogP contribution in [0.3, 0.4) is 0 Å². The van der Waals surface area contributed by atoms with Gasteiger partial charge < -0.3 is 20.1 Å². The Morgan fingerprint density at radius 1 is 1.26 bits per heavy atom. The molecular formula is C21H34F3N5O2. The van der Waals surface area contributed by atoms with E-state index in [1.807, 2.05) is 6.92 Å². The predicted octanol–water partition coefficient (Wildman–Crippen LogP) is 2.82. The number of guanidine groups is 1. The van der Waals surface area contributed by atoms with E-state index in [9.17, 15) is 13.2 Å². The molecule has 176 valence electrons. The van der Waals surface area contributed by atoms with Crippen molar-refractivity contribution >= 4 is 5.96 Å². The van der Waals surface area contributed by atoms with Crippen molar-refractivity contribution in [1.29, 1.82) is 0 Å². The van der Waals surface area contributed by atoms with E-state index in [4.69, 9.17) is 4.74 Å². The van der Waals surface area contributed by atoms with Crippen LogP contribution in [0.2, 0.25) is 0 Å². The van der Waals surface area contributed by atoms with Gasteiger partial charge in [0.15, 0.2) is 12.6 Å². The normalized spacial score (nSPS) is 16.9. The molecule has 1 unspecified atom stereocenters. The van der Waals surface area contributed by atoms with Crippen molar-refractivity contribution in [2.24, 2.45) is 10.9 Å². The van der Waals surface area contributed by atoms with Crippen molar-refractivity contribution < 1.29 is 22.6 Å². The van der Waals surface area contributed by atoms with Crippen LogP contribution in [0.1, 0.15) is 32.8 Å². The van der Waals surface area contributed by atoms with Crippen molar-refractivity contribution in [2.75, 3.05) is 46.0 Å². The molecule has 0 aromatic carbocycles. The maximum Gasteiger partial charge on any atom is 0.422 e. The zero-order valence-electron chi connectivity index (χ0n) is 18.5. The van der Waals surface area contributed by atoms with E-state index in [1.165, 1.54) is 12.3 Å². The molecule has 1 aromatic heterocycles. The number of pyridine rings is 1. The zero-order valence-corrected chi connectivity index (χ0v) is 18.5. The van der Waals surface area contributed by atoms with Crippen LogP contribution in [0.25, 0.3) is 0 Å². The Morgan fingerprint density at radius 2 is 2.00 bits per heavy atom. The maximum absolute atomic E-state index is 12.2. The van der Waals surface area contributed by atoms with Gasteiger partial charge in [0.25, 0.3) is 0 Å². The molecule has 2 heterocycles. The molecule has 1 saturated heterocycles. The fourth-order valence-electron chi connectivity index (χ4n) is 3.32. The number of halogens is 3. The molecule has 0 radical (unpaired) electrons. The van der Waals surface area contributed by atoms with Gasteiger partial charge in [-0.05, 0) is 24.8 Å². The summed E-state index contributed by atoms with van der Waals surface area (Å²) in [5, 5.41) is 6.67. The van der Waals surface area contributed by atoms with Crippen LogP contribution in [0.4, 0.5) is 13.2 Å². The molecule has 7 nitrogen and oxygen atoms in total. The second-order valence-electron chi connectivity index (χ2n) is 7.92. The minimum Gasteiger partial charge on any atom is -0.468 e. The first-order valence-electron chi connectivity index (χ1n) is 10.7. The molecule has 2 N–H and O–H groups in total. The first-order chi connectivity index (χ1) is 14.8. The summed E-state index contributed by atoms with van der Waals surface area (Å²) in [7, 11) is 0. The number of alkyl halides is 3. The summed E-state index contributed by atoms with van der Waals surface area (Å²) >= 11 is 0. The van der Waals surface area contributed by atoms with Gasteiger partial charge in [0.05, 0.1) is 19.8 Å². The Labute approximate surface area is 182 Å². The molecule has 0 amide bonds. The molecule has 1 aliphatic heterocycles. The average Bonchev–Trinajstić information content (AvgIpc) is 2.74. The van der Waals surface area contributed by atoms with E-state index in [2.05, 4.69) is 44.1 Å². The van der Waals surface area contributed by atoms with Crippen LogP contribution in [0.15, 0.2) is 23.3 Å². The molecule has 1 fully saturated rings. The van der Waals surface area contributed by atoms with Gasteiger partial charge in [0, 0.05) is 44.5 Å². The van der Waals surface area contributed by atoms with Gasteiger partial charge in [-0.3, -0.25) is 4.90 Å². The highest BCUT2D eigenvalue weighted by atomic mass is 19.4. The van der Waals surface area contributed by atoms with E-state index in [0.717, 1.165) is 51.4 Å². The molecule has 2 rings (SSSR count). The molecule has 1 aromatic rings. The average molecular weight is 446 g/mol. The van der Waals surface area contributed by atoms with E-state index in [1.54, 1.807) is 6.07 Å². The molecule has 0 bridgehead atoms. The highest BCUT2D eigenvalue weighted by molar-refractivity contribution is 5.79. The summed E-state index contributed by atoms with van der Waals surface area (Å²) in [4.78, 5) is 11.0. The maximum atomic E-state index is 12.2. The third-order valence-corrected chi connectivity index (χ3v) is 4.76. The lowest BCUT2D eigenvalue weighted by Crippen LogP contribution is -2.51. The van der Waals surface area contributed by atoms with E-state index in [-0.39, 0.29) is 5.88 Å². The number of ether oxygens (including phenoxy) is 2. The van der Waals surface area contributed by atoms with Crippen molar-refractivity contribution in [2.45, 2.75) is 46.0 Å². The monoisotopic (exact) mass is 445 g/mol. The third kappa shape index (κ3) is 10.2. The van der Waals surface area contributed by atoms with Crippen molar-refractivity contribution in [3.05, 3.63) is 23.9 Å². The largest absolute Gasteiger partial charge is 0.468 e. The van der Waals surface area contributed by atoms with E-state index >= 15 is 0 Å². The highest BCUT2D eigenvalue weighted by Gasteiger charge is 2.28. The number of hydrogen-bond acceptors (Lipinski definition) is 5. The lowest BCUT2D eigenvalue weighted by Gasteiger charge is -2.35. The number of aromatic nitrogens is 1. The number of aliphatic imine (C=N–C) groups is 1. The van der Waals surface area contributed by atoms with E-state index < -0.39 is 12.8 Å². The van der Waals surface area contributed by atoms with Gasteiger partial charge in [-0.25, -0.2) is 9.98 Å². The summed E-state index contributed by atoms with van der Waals surface area (Å²) in [5.74, 6) is 1.22. The lowest BCUT2D eigenvalue weighted by molar-refractivity contribution is -0.154. The van der Waals surface area contributed by atoms with Gasteiger partial charge in [-0.1, -0.05) is 19.9 Å². The minimum atomic E-state index is -4.38. The summed E-state index contributed by atoms with van der Waals surface area (Å²) in [6.07, 6.45) is -1.82. The highest BCUT2D eigenvalue weighted by Crippen LogP contribution is 2.17. The van der Waals surface area contributed by atoms with Crippen LogP contribution in [0, 0.1) is 5.92 Å². The lowest BCUT2D eigenvalue weighted by atomic mass is 10.0. The number of hydrogen-bond donors (Lipinski definition) is 2. The number of rotatable bonds is 10. The Morgan fingerprint density at radius 3 is 2.58 bits per heavy atom. The van der Waals surface area contributed by atoms with Crippen molar-refractivity contribution in [3.63, 3.8) is 0 Å². The van der Waals surface area contributed by atoms with Crippen LogP contribution < -0.4 is 15.4 Å². The SMILES string of the molecule is CCNC(=NCc1ccc(OCC(F)(F)F)nc1)NCC(CC(C)C)N1CCOCC1. The summed E-state index contributed by atoms with van der Waals surface area (Å²) < 4.78 is 46.8. The number of nitrogens with zero attached hydrogens (tertiary/aromatic N) is 3.